The van der Waals surface area contributed by atoms with Crippen molar-refractivity contribution in [3.8, 4) is 11.5 Å². The van der Waals surface area contributed by atoms with Crippen molar-refractivity contribution in [2.24, 2.45) is 5.73 Å². The van der Waals surface area contributed by atoms with Crippen molar-refractivity contribution in [3.05, 3.63) is 59.7 Å². The molecule has 0 saturated heterocycles. The molecule has 2 N–H and O–H groups in total. The minimum absolute atomic E-state index is 0.0416. The van der Waals surface area contributed by atoms with Gasteiger partial charge in [0.1, 0.15) is 6.61 Å². The summed E-state index contributed by atoms with van der Waals surface area (Å²) in [6.45, 7) is 2.65. The fourth-order valence-electron chi connectivity index (χ4n) is 2.25. The minimum Gasteiger partial charge on any atom is -0.493 e. The van der Waals surface area contributed by atoms with E-state index >= 15 is 0 Å². The average molecular weight is 285 g/mol. The highest BCUT2D eigenvalue weighted by Crippen LogP contribution is 2.31. The van der Waals surface area contributed by atoms with Gasteiger partial charge < -0.3 is 15.2 Å². The Morgan fingerprint density at radius 3 is 2.48 bits per heavy atom. The highest BCUT2D eigenvalue weighted by atomic mass is 16.5. The summed E-state index contributed by atoms with van der Waals surface area (Å²) in [5.41, 5.74) is 8.39. The highest BCUT2D eigenvalue weighted by Gasteiger charge is 2.10. The van der Waals surface area contributed by atoms with Crippen LogP contribution >= 0.6 is 0 Å². The molecule has 0 heterocycles. The van der Waals surface area contributed by atoms with Gasteiger partial charge in [-0.25, -0.2) is 0 Å². The van der Waals surface area contributed by atoms with Crippen molar-refractivity contribution in [2.75, 3.05) is 7.11 Å². The van der Waals surface area contributed by atoms with E-state index in [0.717, 1.165) is 35.5 Å². The summed E-state index contributed by atoms with van der Waals surface area (Å²) in [5, 5.41) is 0. The lowest BCUT2D eigenvalue weighted by atomic mass is 10.0. The zero-order valence-electron chi connectivity index (χ0n) is 12.7. The molecule has 2 rings (SSSR count). The van der Waals surface area contributed by atoms with Crippen molar-refractivity contribution >= 4 is 0 Å². The van der Waals surface area contributed by atoms with Crippen LogP contribution in [0.3, 0.4) is 0 Å². The third-order valence-corrected chi connectivity index (χ3v) is 3.45. The third kappa shape index (κ3) is 4.23. The zero-order chi connectivity index (χ0) is 15.1. The molecule has 0 fully saturated rings. The van der Waals surface area contributed by atoms with E-state index in [0.29, 0.717) is 6.61 Å². The molecule has 0 unspecified atom stereocenters. The lowest BCUT2D eigenvalue weighted by molar-refractivity contribution is 0.284. The van der Waals surface area contributed by atoms with Crippen LogP contribution in [0.1, 0.15) is 36.9 Å². The molecule has 2 aromatic rings. The van der Waals surface area contributed by atoms with Gasteiger partial charge in [0.15, 0.2) is 11.5 Å². The highest BCUT2D eigenvalue weighted by molar-refractivity contribution is 5.44. The molecule has 0 spiro atoms. The summed E-state index contributed by atoms with van der Waals surface area (Å²) in [4.78, 5) is 0. The number of hydrogen-bond donors (Lipinski definition) is 1. The van der Waals surface area contributed by atoms with Gasteiger partial charge in [0.25, 0.3) is 0 Å². The molecule has 0 radical (unpaired) electrons. The minimum atomic E-state index is 0.0416. The molecular weight excluding hydrogens is 262 g/mol. The molecule has 0 bridgehead atoms. The fourth-order valence-corrected chi connectivity index (χ4v) is 2.25. The van der Waals surface area contributed by atoms with Crippen molar-refractivity contribution in [2.45, 2.75) is 32.4 Å². The first-order chi connectivity index (χ1) is 10.2. The number of hydrogen-bond acceptors (Lipinski definition) is 3. The summed E-state index contributed by atoms with van der Waals surface area (Å²) in [5.74, 6) is 1.48. The Morgan fingerprint density at radius 2 is 1.81 bits per heavy atom. The Labute approximate surface area is 126 Å². The Morgan fingerprint density at radius 1 is 1.05 bits per heavy atom. The van der Waals surface area contributed by atoms with Gasteiger partial charge in [-0.05, 0) is 29.7 Å². The first-order valence-corrected chi connectivity index (χ1v) is 7.34. The Balaban J connectivity index is 2.14. The Hall–Kier alpha value is -2.00. The van der Waals surface area contributed by atoms with E-state index in [1.54, 1.807) is 7.11 Å². The van der Waals surface area contributed by atoms with Crippen LogP contribution in [0.15, 0.2) is 48.5 Å². The van der Waals surface area contributed by atoms with Crippen LogP contribution in [-0.4, -0.2) is 7.11 Å². The summed E-state index contributed by atoms with van der Waals surface area (Å²) in [6.07, 6.45) is 2.03. The Kier molecular flexibility index (Phi) is 5.64. The van der Waals surface area contributed by atoms with E-state index in [4.69, 9.17) is 15.2 Å². The monoisotopic (exact) mass is 285 g/mol. The molecule has 0 aliphatic heterocycles. The molecule has 3 heteroatoms. The standard InChI is InChI=1S/C18H23NO2/c1-3-7-16(19)15-10-11-17(20-2)18(12-15)21-13-14-8-5-4-6-9-14/h4-6,8-12,16H,3,7,13,19H2,1-2H3/t16-/m0/s1. The number of benzene rings is 2. The first-order valence-electron chi connectivity index (χ1n) is 7.34. The molecule has 0 aliphatic rings. The number of nitrogens with two attached hydrogens (primary N) is 1. The maximum absolute atomic E-state index is 6.18. The first kappa shape index (κ1) is 15.4. The Bertz CT molecular complexity index is 554. The summed E-state index contributed by atoms with van der Waals surface area (Å²) < 4.78 is 11.3. The van der Waals surface area contributed by atoms with Crippen molar-refractivity contribution in [3.63, 3.8) is 0 Å². The van der Waals surface area contributed by atoms with Gasteiger partial charge in [0.05, 0.1) is 7.11 Å². The van der Waals surface area contributed by atoms with Gasteiger partial charge in [0.2, 0.25) is 0 Å². The molecule has 0 amide bonds. The predicted octanol–water partition coefficient (Wildman–Crippen LogP) is 4.07. The maximum Gasteiger partial charge on any atom is 0.161 e. The van der Waals surface area contributed by atoms with Gasteiger partial charge in [-0.1, -0.05) is 49.7 Å². The van der Waals surface area contributed by atoms with Crippen molar-refractivity contribution < 1.29 is 9.47 Å². The molecule has 112 valence electrons. The van der Waals surface area contributed by atoms with E-state index in [1.165, 1.54) is 0 Å². The summed E-state index contributed by atoms with van der Waals surface area (Å²) >= 11 is 0. The van der Waals surface area contributed by atoms with Crippen LogP contribution in [0.4, 0.5) is 0 Å². The van der Waals surface area contributed by atoms with E-state index < -0.39 is 0 Å². The predicted molar refractivity (Wildman–Crippen MR) is 85.6 cm³/mol. The van der Waals surface area contributed by atoms with E-state index in [2.05, 4.69) is 6.92 Å². The molecule has 0 saturated carbocycles. The molecule has 2 aromatic carbocycles. The van der Waals surface area contributed by atoms with Gasteiger partial charge in [-0.15, -0.1) is 0 Å². The van der Waals surface area contributed by atoms with Crippen LogP contribution in [0.2, 0.25) is 0 Å². The van der Waals surface area contributed by atoms with Gasteiger partial charge in [0, 0.05) is 6.04 Å². The second kappa shape index (κ2) is 7.70. The van der Waals surface area contributed by atoms with E-state index in [1.807, 2.05) is 48.5 Å². The van der Waals surface area contributed by atoms with Crippen molar-refractivity contribution in [1.29, 1.82) is 0 Å². The molecule has 0 aromatic heterocycles. The smallest absolute Gasteiger partial charge is 0.161 e. The third-order valence-electron chi connectivity index (χ3n) is 3.45. The average Bonchev–Trinajstić information content (AvgIpc) is 2.54. The summed E-state index contributed by atoms with van der Waals surface area (Å²) in [7, 11) is 1.65. The van der Waals surface area contributed by atoms with Crippen LogP contribution in [-0.2, 0) is 6.61 Å². The second-order valence-electron chi connectivity index (χ2n) is 5.08. The topological polar surface area (TPSA) is 44.5 Å². The maximum atomic E-state index is 6.18. The number of ether oxygens (including phenoxy) is 2. The second-order valence-corrected chi connectivity index (χ2v) is 5.08. The number of rotatable bonds is 7. The van der Waals surface area contributed by atoms with Crippen LogP contribution < -0.4 is 15.2 Å². The molecule has 1 atom stereocenters. The van der Waals surface area contributed by atoms with E-state index in [-0.39, 0.29) is 6.04 Å². The van der Waals surface area contributed by atoms with Gasteiger partial charge in [-0.2, -0.15) is 0 Å². The van der Waals surface area contributed by atoms with Gasteiger partial charge in [-0.3, -0.25) is 0 Å². The normalized spacial score (nSPS) is 12.0. The van der Waals surface area contributed by atoms with Crippen LogP contribution in [0.5, 0.6) is 11.5 Å². The quantitative estimate of drug-likeness (QED) is 0.834. The zero-order valence-corrected chi connectivity index (χ0v) is 12.7. The SMILES string of the molecule is CCC[C@H](N)c1ccc(OC)c(OCc2ccccc2)c1. The van der Waals surface area contributed by atoms with Crippen molar-refractivity contribution in [1.82, 2.24) is 0 Å². The lowest BCUT2D eigenvalue weighted by Crippen LogP contribution is -2.10. The largest absolute Gasteiger partial charge is 0.493 e. The fraction of sp³-hybridized carbons (Fsp3) is 0.333. The van der Waals surface area contributed by atoms with E-state index in [9.17, 15) is 0 Å². The van der Waals surface area contributed by atoms with Crippen LogP contribution in [0.25, 0.3) is 0 Å². The van der Waals surface area contributed by atoms with Gasteiger partial charge >= 0.3 is 0 Å². The summed E-state index contributed by atoms with van der Waals surface area (Å²) in [6, 6.07) is 16.0. The molecule has 21 heavy (non-hydrogen) atoms. The molecule has 0 aliphatic carbocycles. The van der Waals surface area contributed by atoms with Crippen LogP contribution in [0, 0.1) is 0 Å². The lowest BCUT2D eigenvalue weighted by Gasteiger charge is -2.15. The molecule has 3 nitrogen and oxygen atoms in total. The molecular formula is C18H23NO2. The number of methoxy groups -OCH3 is 1.